The molecule has 0 aliphatic rings. The molecule has 0 saturated heterocycles. The van der Waals surface area contributed by atoms with Gasteiger partial charge in [-0.25, -0.2) is 0 Å². The minimum absolute atomic E-state index is 0.486. The van der Waals surface area contributed by atoms with Crippen molar-refractivity contribution in [3.05, 3.63) is 23.3 Å². The monoisotopic (exact) mass is 210 g/mol. The summed E-state index contributed by atoms with van der Waals surface area (Å²) in [5.41, 5.74) is 1.98. The number of methoxy groups -OCH3 is 2. The Bertz CT molecular complexity index is 332. The van der Waals surface area contributed by atoms with Gasteiger partial charge in [0.1, 0.15) is 0 Å². The summed E-state index contributed by atoms with van der Waals surface area (Å²) >= 11 is 0. The summed E-state index contributed by atoms with van der Waals surface area (Å²) in [6.45, 7) is 3.80. The molecule has 3 heteroatoms. The van der Waals surface area contributed by atoms with Crippen molar-refractivity contribution in [2.24, 2.45) is 0 Å². The van der Waals surface area contributed by atoms with Crippen LogP contribution in [0.15, 0.2) is 12.1 Å². The molecule has 0 fully saturated rings. The number of hydrogen-bond donors (Lipinski definition) is 1. The van der Waals surface area contributed by atoms with Crippen LogP contribution in [0.1, 0.15) is 31.1 Å². The largest absolute Gasteiger partial charge is 0.493 e. The van der Waals surface area contributed by atoms with E-state index in [2.05, 4.69) is 0 Å². The predicted octanol–water partition coefficient (Wildman–Crippen LogP) is 2.32. The lowest BCUT2D eigenvalue weighted by molar-refractivity contribution is 0.197. The Morgan fingerprint density at radius 3 is 2.13 bits per heavy atom. The molecule has 0 aliphatic heterocycles. The predicted molar refractivity (Wildman–Crippen MR) is 59.6 cm³/mol. The minimum atomic E-state index is -0.486. The Balaban J connectivity index is 3.27. The highest BCUT2D eigenvalue weighted by atomic mass is 16.5. The van der Waals surface area contributed by atoms with E-state index >= 15 is 0 Å². The molecule has 1 N–H and O–H groups in total. The van der Waals surface area contributed by atoms with Gasteiger partial charge >= 0.3 is 0 Å². The SMILES string of the molecule is CCc1cc(OC)c(OC)cc1C(C)O. The first-order chi connectivity index (χ1) is 7.13. The van der Waals surface area contributed by atoms with Crippen molar-refractivity contribution in [3.63, 3.8) is 0 Å². The second-order valence-electron chi connectivity index (χ2n) is 3.44. The Morgan fingerprint density at radius 1 is 1.20 bits per heavy atom. The second-order valence-corrected chi connectivity index (χ2v) is 3.44. The molecule has 0 spiro atoms. The number of aliphatic hydroxyl groups excluding tert-OH is 1. The smallest absolute Gasteiger partial charge is 0.161 e. The zero-order chi connectivity index (χ0) is 11.4. The van der Waals surface area contributed by atoms with Crippen molar-refractivity contribution in [2.45, 2.75) is 26.4 Å². The standard InChI is InChI=1S/C12H18O3/c1-5-9-6-11(14-3)12(15-4)7-10(9)8(2)13/h6-8,13H,5H2,1-4H3. The summed E-state index contributed by atoms with van der Waals surface area (Å²) in [5.74, 6) is 1.37. The zero-order valence-electron chi connectivity index (χ0n) is 9.70. The highest BCUT2D eigenvalue weighted by Crippen LogP contribution is 2.33. The van der Waals surface area contributed by atoms with Crippen LogP contribution in [0.4, 0.5) is 0 Å². The van der Waals surface area contributed by atoms with Crippen molar-refractivity contribution >= 4 is 0 Å². The maximum absolute atomic E-state index is 9.62. The molecule has 3 nitrogen and oxygen atoms in total. The molecule has 84 valence electrons. The lowest BCUT2D eigenvalue weighted by atomic mass is 10.0. The van der Waals surface area contributed by atoms with Gasteiger partial charge in [0.15, 0.2) is 11.5 Å². The van der Waals surface area contributed by atoms with E-state index in [1.165, 1.54) is 0 Å². The van der Waals surface area contributed by atoms with Crippen LogP contribution in [0.25, 0.3) is 0 Å². The van der Waals surface area contributed by atoms with Gasteiger partial charge in [0.25, 0.3) is 0 Å². The van der Waals surface area contributed by atoms with E-state index in [0.29, 0.717) is 11.5 Å². The molecule has 0 bridgehead atoms. The molecular formula is C12H18O3. The van der Waals surface area contributed by atoms with Gasteiger partial charge in [-0.2, -0.15) is 0 Å². The molecular weight excluding hydrogens is 192 g/mol. The van der Waals surface area contributed by atoms with Gasteiger partial charge in [-0.05, 0) is 36.6 Å². The summed E-state index contributed by atoms with van der Waals surface area (Å²) < 4.78 is 10.4. The topological polar surface area (TPSA) is 38.7 Å². The molecule has 0 aromatic heterocycles. The third-order valence-corrected chi connectivity index (χ3v) is 2.48. The summed E-state index contributed by atoms with van der Waals surface area (Å²) in [4.78, 5) is 0. The number of aryl methyl sites for hydroxylation is 1. The number of ether oxygens (including phenoxy) is 2. The fraction of sp³-hybridized carbons (Fsp3) is 0.500. The molecule has 0 amide bonds. The van der Waals surface area contributed by atoms with Crippen LogP contribution in [-0.4, -0.2) is 19.3 Å². The number of rotatable bonds is 4. The number of benzene rings is 1. The van der Waals surface area contributed by atoms with Crippen molar-refractivity contribution in [1.29, 1.82) is 0 Å². The van der Waals surface area contributed by atoms with E-state index in [1.54, 1.807) is 21.1 Å². The molecule has 0 radical (unpaired) electrons. The van der Waals surface area contributed by atoms with Crippen LogP contribution in [0.5, 0.6) is 11.5 Å². The molecule has 1 unspecified atom stereocenters. The van der Waals surface area contributed by atoms with Crippen LogP contribution >= 0.6 is 0 Å². The van der Waals surface area contributed by atoms with Gasteiger partial charge in [0, 0.05) is 0 Å². The van der Waals surface area contributed by atoms with Gasteiger partial charge in [-0.15, -0.1) is 0 Å². The number of hydrogen-bond acceptors (Lipinski definition) is 3. The van der Waals surface area contributed by atoms with Gasteiger partial charge in [-0.3, -0.25) is 0 Å². The average molecular weight is 210 g/mol. The van der Waals surface area contributed by atoms with Crippen LogP contribution in [0.2, 0.25) is 0 Å². The Morgan fingerprint density at radius 2 is 1.73 bits per heavy atom. The van der Waals surface area contributed by atoms with Crippen molar-refractivity contribution < 1.29 is 14.6 Å². The quantitative estimate of drug-likeness (QED) is 0.828. The first-order valence-corrected chi connectivity index (χ1v) is 5.06. The molecule has 1 atom stereocenters. The minimum Gasteiger partial charge on any atom is -0.493 e. The fourth-order valence-corrected chi connectivity index (χ4v) is 1.63. The summed E-state index contributed by atoms with van der Waals surface area (Å²) in [5, 5.41) is 9.62. The maximum Gasteiger partial charge on any atom is 0.161 e. The summed E-state index contributed by atoms with van der Waals surface area (Å²) in [6, 6.07) is 3.75. The zero-order valence-corrected chi connectivity index (χ0v) is 9.70. The van der Waals surface area contributed by atoms with E-state index in [9.17, 15) is 5.11 Å². The van der Waals surface area contributed by atoms with E-state index < -0.39 is 6.10 Å². The molecule has 1 aromatic rings. The molecule has 15 heavy (non-hydrogen) atoms. The first kappa shape index (κ1) is 11.9. The van der Waals surface area contributed by atoms with Gasteiger partial charge in [0.2, 0.25) is 0 Å². The lowest BCUT2D eigenvalue weighted by Crippen LogP contribution is -2.00. The molecule has 1 aromatic carbocycles. The van der Waals surface area contributed by atoms with Crippen LogP contribution < -0.4 is 9.47 Å². The van der Waals surface area contributed by atoms with Crippen molar-refractivity contribution in [3.8, 4) is 11.5 Å². The van der Waals surface area contributed by atoms with Crippen LogP contribution in [0, 0.1) is 0 Å². The maximum atomic E-state index is 9.62. The third-order valence-electron chi connectivity index (χ3n) is 2.48. The van der Waals surface area contributed by atoms with Gasteiger partial charge in [0.05, 0.1) is 20.3 Å². The molecule has 0 heterocycles. The molecule has 0 saturated carbocycles. The molecule has 1 rings (SSSR count). The highest BCUT2D eigenvalue weighted by molar-refractivity contribution is 5.48. The van der Waals surface area contributed by atoms with E-state index in [1.807, 2.05) is 19.1 Å². The Hall–Kier alpha value is -1.22. The van der Waals surface area contributed by atoms with E-state index in [4.69, 9.17) is 9.47 Å². The van der Waals surface area contributed by atoms with Crippen LogP contribution in [-0.2, 0) is 6.42 Å². The van der Waals surface area contributed by atoms with Crippen molar-refractivity contribution in [2.75, 3.05) is 14.2 Å². The summed E-state index contributed by atoms with van der Waals surface area (Å²) in [6.07, 6.45) is 0.375. The normalized spacial score (nSPS) is 12.3. The van der Waals surface area contributed by atoms with Gasteiger partial charge < -0.3 is 14.6 Å². The Labute approximate surface area is 90.6 Å². The van der Waals surface area contributed by atoms with Crippen molar-refractivity contribution in [1.82, 2.24) is 0 Å². The van der Waals surface area contributed by atoms with E-state index in [0.717, 1.165) is 17.5 Å². The fourth-order valence-electron chi connectivity index (χ4n) is 1.63. The Kier molecular flexibility index (Phi) is 3.97. The highest BCUT2D eigenvalue weighted by Gasteiger charge is 2.12. The van der Waals surface area contributed by atoms with Gasteiger partial charge in [-0.1, -0.05) is 6.92 Å². The van der Waals surface area contributed by atoms with Crippen LogP contribution in [0.3, 0.4) is 0 Å². The third kappa shape index (κ3) is 2.42. The second kappa shape index (κ2) is 5.03. The van der Waals surface area contributed by atoms with E-state index in [-0.39, 0.29) is 0 Å². The molecule has 0 aliphatic carbocycles. The number of aliphatic hydroxyl groups is 1. The lowest BCUT2D eigenvalue weighted by Gasteiger charge is -2.15. The average Bonchev–Trinajstić information content (AvgIpc) is 2.26. The summed E-state index contributed by atoms with van der Waals surface area (Å²) in [7, 11) is 3.20. The first-order valence-electron chi connectivity index (χ1n) is 5.06.